The van der Waals surface area contributed by atoms with Crippen molar-refractivity contribution in [2.75, 3.05) is 19.0 Å². The number of benzene rings is 2. The molecule has 0 aliphatic heterocycles. The fraction of sp³-hybridized carbons (Fsp3) is 0.333. The van der Waals surface area contributed by atoms with Crippen LogP contribution in [0.25, 0.3) is 0 Å². The Morgan fingerprint density at radius 3 is 2.43 bits per heavy atom. The quantitative estimate of drug-likeness (QED) is 0.832. The molecule has 0 aliphatic carbocycles. The number of methoxy groups -OCH3 is 1. The molecule has 1 unspecified atom stereocenters. The molecule has 0 amide bonds. The second-order valence-electron chi connectivity index (χ2n) is 5.49. The van der Waals surface area contributed by atoms with Crippen LogP contribution in [0.2, 0.25) is 0 Å². The minimum Gasteiger partial charge on any atom is -0.497 e. The lowest BCUT2D eigenvalue weighted by molar-refractivity contribution is 0.414. The molecule has 0 saturated carbocycles. The summed E-state index contributed by atoms with van der Waals surface area (Å²) in [7, 11) is 1.58. The zero-order valence-corrected chi connectivity index (χ0v) is 12.8. The van der Waals surface area contributed by atoms with E-state index >= 15 is 0 Å². The first-order chi connectivity index (χ1) is 10.1. The van der Waals surface area contributed by atoms with Crippen LogP contribution >= 0.6 is 0 Å². The van der Waals surface area contributed by atoms with Gasteiger partial charge in [-0.3, -0.25) is 0 Å². The van der Waals surface area contributed by atoms with E-state index in [1.165, 1.54) is 11.6 Å². The highest BCUT2D eigenvalue weighted by Gasteiger charge is 2.16. The third-order valence-corrected chi connectivity index (χ3v) is 3.72. The predicted octanol–water partition coefficient (Wildman–Crippen LogP) is 4.69. The van der Waals surface area contributed by atoms with E-state index in [1.807, 2.05) is 18.2 Å². The van der Waals surface area contributed by atoms with Crippen molar-refractivity contribution in [1.29, 1.82) is 0 Å². The van der Waals surface area contributed by atoms with Crippen molar-refractivity contribution in [3.8, 4) is 5.75 Å². The van der Waals surface area contributed by atoms with Gasteiger partial charge in [-0.05, 0) is 23.6 Å². The van der Waals surface area contributed by atoms with Crippen molar-refractivity contribution >= 4 is 5.69 Å². The molecule has 3 heteroatoms. The van der Waals surface area contributed by atoms with E-state index in [4.69, 9.17) is 4.74 Å². The molecule has 112 valence electrons. The number of rotatable bonds is 6. The van der Waals surface area contributed by atoms with Crippen LogP contribution in [0.5, 0.6) is 5.75 Å². The SMILES string of the molecule is COc1ccc(F)c(NCC(c2ccccc2)C(C)C)c1. The molecule has 0 fully saturated rings. The second kappa shape index (κ2) is 7.11. The van der Waals surface area contributed by atoms with E-state index < -0.39 is 0 Å². The van der Waals surface area contributed by atoms with Crippen LogP contribution < -0.4 is 10.1 Å². The van der Waals surface area contributed by atoms with E-state index in [-0.39, 0.29) is 5.82 Å². The summed E-state index contributed by atoms with van der Waals surface area (Å²) in [6.07, 6.45) is 0. The Morgan fingerprint density at radius 1 is 1.10 bits per heavy atom. The van der Waals surface area contributed by atoms with Crippen LogP contribution in [0.15, 0.2) is 48.5 Å². The molecule has 2 rings (SSSR count). The molecule has 0 spiro atoms. The largest absolute Gasteiger partial charge is 0.497 e. The molecular weight excluding hydrogens is 265 g/mol. The summed E-state index contributed by atoms with van der Waals surface area (Å²) < 4.78 is 19.0. The van der Waals surface area contributed by atoms with Crippen LogP contribution in [0.1, 0.15) is 25.3 Å². The van der Waals surface area contributed by atoms with Gasteiger partial charge in [0.2, 0.25) is 0 Å². The lowest BCUT2D eigenvalue weighted by atomic mass is 9.88. The fourth-order valence-corrected chi connectivity index (χ4v) is 2.43. The van der Waals surface area contributed by atoms with Gasteiger partial charge in [-0.15, -0.1) is 0 Å². The number of halogens is 1. The van der Waals surface area contributed by atoms with E-state index in [0.717, 1.165) is 0 Å². The van der Waals surface area contributed by atoms with Crippen molar-refractivity contribution in [3.05, 3.63) is 59.9 Å². The second-order valence-corrected chi connectivity index (χ2v) is 5.49. The van der Waals surface area contributed by atoms with Gasteiger partial charge in [0.15, 0.2) is 0 Å². The average Bonchev–Trinajstić information content (AvgIpc) is 2.50. The number of anilines is 1. The minimum absolute atomic E-state index is 0.258. The standard InChI is InChI=1S/C18H22FNO/c1-13(2)16(14-7-5-4-6-8-14)12-20-18-11-15(21-3)9-10-17(18)19/h4-11,13,16,20H,12H2,1-3H3. The van der Waals surface area contributed by atoms with Gasteiger partial charge >= 0.3 is 0 Å². The molecular formula is C18H22FNO. The van der Waals surface area contributed by atoms with Crippen molar-refractivity contribution < 1.29 is 9.13 Å². The highest BCUT2D eigenvalue weighted by molar-refractivity contribution is 5.50. The Bertz CT molecular complexity index is 569. The van der Waals surface area contributed by atoms with Gasteiger partial charge in [0.25, 0.3) is 0 Å². The van der Waals surface area contributed by atoms with Crippen LogP contribution in [0, 0.1) is 11.7 Å². The Hall–Kier alpha value is -2.03. The van der Waals surface area contributed by atoms with E-state index in [0.29, 0.717) is 29.8 Å². The third-order valence-electron chi connectivity index (χ3n) is 3.72. The van der Waals surface area contributed by atoms with E-state index in [2.05, 4.69) is 31.3 Å². The molecule has 1 atom stereocenters. The van der Waals surface area contributed by atoms with E-state index in [1.54, 1.807) is 19.2 Å². The molecule has 0 aromatic heterocycles. The first-order valence-corrected chi connectivity index (χ1v) is 7.24. The molecule has 1 N–H and O–H groups in total. The molecule has 0 radical (unpaired) electrons. The molecule has 0 heterocycles. The maximum absolute atomic E-state index is 13.8. The highest BCUT2D eigenvalue weighted by Crippen LogP contribution is 2.27. The Morgan fingerprint density at radius 2 is 1.81 bits per heavy atom. The Kier molecular flexibility index (Phi) is 5.20. The summed E-state index contributed by atoms with van der Waals surface area (Å²) >= 11 is 0. The topological polar surface area (TPSA) is 21.3 Å². The summed E-state index contributed by atoms with van der Waals surface area (Å²) in [4.78, 5) is 0. The highest BCUT2D eigenvalue weighted by atomic mass is 19.1. The van der Waals surface area contributed by atoms with Crippen molar-refractivity contribution in [2.45, 2.75) is 19.8 Å². The summed E-state index contributed by atoms with van der Waals surface area (Å²) in [5.74, 6) is 1.19. The number of nitrogens with one attached hydrogen (secondary N) is 1. The van der Waals surface area contributed by atoms with Crippen molar-refractivity contribution in [2.24, 2.45) is 5.92 Å². The van der Waals surface area contributed by atoms with Gasteiger partial charge in [-0.1, -0.05) is 44.2 Å². The predicted molar refractivity (Wildman–Crippen MR) is 85.5 cm³/mol. The molecule has 0 bridgehead atoms. The smallest absolute Gasteiger partial charge is 0.146 e. The van der Waals surface area contributed by atoms with Crippen molar-refractivity contribution in [1.82, 2.24) is 0 Å². The fourth-order valence-electron chi connectivity index (χ4n) is 2.43. The lowest BCUT2D eigenvalue weighted by Crippen LogP contribution is -2.18. The zero-order valence-electron chi connectivity index (χ0n) is 12.8. The first-order valence-electron chi connectivity index (χ1n) is 7.24. The number of ether oxygens (including phenoxy) is 1. The summed E-state index contributed by atoms with van der Waals surface area (Å²) in [5, 5.41) is 3.21. The van der Waals surface area contributed by atoms with Gasteiger partial charge in [-0.2, -0.15) is 0 Å². The van der Waals surface area contributed by atoms with Gasteiger partial charge in [0, 0.05) is 18.5 Å². The van der Waals surface area contributed by atoms with Gasteiger partial charge in [-0.25, -0.2) is 4.39 Å². The maximum atomic E-state index is 13.8. The van der Waals surface area contributed by atoms with Gasteiger partial charge in [0.1, 0.15) is 11.6 Å². The molecule has 21 heavy (non-hydrogen) atoms. The van der Waals surface area contributed by atoms with Crippen LogP contribution in [0.3, 0.4) is 0 Å². The molecule has 2 aromatic rings. The summed E-state index contributed by atoms with van der Waals surface area (Å²) in [6, 6.07) is 15.1. The van der Waals surface area contributed by atoms with Gasteiger partial charge < -0.3 is 10.1 Å². The van der Waals surface area contributed by atoms with E-state index in [9.17, 15) is 4.39 Å². The molecule has 0 saturated heterocycles. The third kappa shape index (κ3) is 3.97. The molecule has 2 nitrogen and oxygen atoms in total. The minimum atomic E-state index is -0.258. The normalized spacial score (nSPS) is 12.2. The van der Waals surface area contributed by atoms with Crippen LogP contribution in [-0.4, -0.2) is 13.7 Å². The molecule has 0 aliphatic rings. The summed E-state index contributed by atoms with van der Waals surface area (Å²) in [5.41, 5.74) is 1.75. The zero-order chi connectivity index (χ0) is 15.2. The lowest BCUT2D eigenvalue weighted by Gasteiger charge is -2.22. The number of hydrogen-bond donors (Lipinski definition) is 1. The average molecular weight is 287 g/mol. The summed E-state index contributed by atoms with van der Waals surface area (Å²) in [6.45, 7) is 5.05. The van der Waals surface area contributed by atoms with Gasteiger partial charge in [0.05, 0.1) is 12.8 Å². The van der Waals surface area contributed by atoms with Crippen LogP contribution in [0.4, 0.5) is 10.1 Å². The Balaban J connectivity index is 2.13. The Labute approximate surface area is 126 Å². The van der Waals surface area contributed by atoms with Crippen LogP contribution in [-0.2, 0) is 0 Å². The first kappa shape index (κ1) is 15.4. The van der Waals surface area contributed by atoms with Crippen molar-refractivity contribution in [3.63, 3.8) is 0 Å². The molecule has 2 aromatic carbocycles. The monoisotopic (exact) mass is 287 g/mol. The maximum Gasteiger partial charge on any atom is 0.146 e. The number of hydrogen-bond acceptors (Lipinski definition) is 2.